The van der Waals surface area contributed by atoms with Crippen molar-refractivity contribution in [3.05, 3.63) is 47.5 Å². The SMILES string of the molecule is CC1C=CC(C)N1C(=O)C(N)Cc1ccc(C#N)cc1. The Hall–Kier alpha value is -2.12. The molecule has 2 rings (SSSR count). The van der Waals surface area contributed by atoms with Gasteiger partial charge >= 0.3 is 0 Å². The number of amides is 1. The summed E-state index contributed by atoms with van der Waals surface area (Å²) >= 11 is 0. The first-order chi connectivity index (χ1) is 9.52. The monoisotopic (exact) mass is 269 g/mol. The number of carbonyl (C=O) groups is 1. The van der Waals surface area contributed by atoms with E-state index in [0.29, 0.717) is 12.0 Å². The van der Waals surface area contributed by atoms with Gasteiger partial charge in [-0.15, -0.1) is 0 Å². The molecule has 0 saturated carbocycles. The smallest absolute Gasteiger partial charge is 0.240 e. The summed E-state index contributed by atoms with van der Waals surface area (Å²) in [5.74, 6) is -0.0284. The van der Waals surface area contributed by atoms with Gasteiger partial charge in [0.05, 0.1) is 17.7 Å². The maximum Gasteiger partial charge on any atom is 0.240 e. The van der Waals surface area contributed by atoms with Crippen LogP contribution in [0.4, 0.5) is 0 Å². The highest BCUT2D eigenvalue weighted by molar-refractivity contribution is 5.83. The number of rotatable bonds is 3. The van der Waals surface area contributed by atoms with Gasteiger partial charge in [-0.3, -0.25) is 4.79 Å². The Bertz CT molecular complexity index is 544. The molecule has 1 aromatic rings. The van der Waals surface area contributed by atoms with E-state index in [1.54, 1.807) is 12.1 Å². The Balaban J connectivity index is 2.02. The van der Waals surface area contributed by atoms with E-state index in [4.69, 9.17) is 11.0 Å². The highest BCUT2D eigenvalue weighted by Crippen LogP contribution is 2.18. The fraction of sp³-hybridized carbons (Fsp3) is 0.375. The number of benzene rings is 1. The minimum Gasteiger partial charge on any atom is -0.329 e. The highest BCUT2D eigenvalue weighted by Gasteiger charge is 2.30. The van der Waals surface area contributed by atoms with Gasteiger partial charge in [-0.05, 0) is 38.0 Å². The lowest BCUT2D eigenvalue weighted by molar-refractivity contribution is -0.134. The van der Waals surface area contributed by atoms with Gasteiger partial charge in [0, 0.05) is 12.1 Å². The molecule has 0 bridgehead atoms. The van der Waals surface area contributed by atoms with Crippen LogP contribution in [0.15, 0.2) is 36.4 Å². The van der Waals surface area contributed by atoms with Crippen molar-refractivity contribution in [2.75, 3.05) is 0 Å². The summed E-state index contributed by atoms with van der Waals surface area (Å²) in [4.78, 5) is 14.2. The molecule has 20 heavy (non-hydrogen) atoms. The number of carbonyl (C=O) groups excluding carboxylic acids is 1. The second kappa shape index (κ2) is 5.89. The molecule has 3 unspecified atom stereocenters. The molecule has 104 valence electrons. The molecule has 1 aromatic carbocycles. The van der Waals surface area contributed by atoms with Crippen molar-refractivity contribution >= 4 is 5.91 Å². The van der Waals surface area contributed by atoms with Crippen molar-refractivity contribution < 1.29 is 4.79 Å². The van der Waals surface area contributed by atoms with Gasteiger partial charge in [-0.2, -0.15) is 5.26 Å². The highest BCUT2D eigenvalue weighted by atomic mass is 16.2. The van der Waals surface area contributed by atoms with E-state index in [0.717, 1.165) is 5.56 Å². The van der Waals surface area contributed by atoms with E-state index >= 15 is 0 Å². The zero-order chi connectivity index (χ0) is 14.7. The first-order valence-corrected chi connectivity index (χ1v) is 6.78. The molecule has 0 fully saturated rings. The third-order valence-corrected chi connectivity index (χ3v) is 3.66. The van der Waals surface area contributed by atoms with Crippen LogP contribution in [0.1, 0.15) is 25.0 Å². The van der Waals surface area contributed by atoms with Crippen molar-refractivity contribution in [3.8, 4) is 6.07 Å². The Morgan fingerprint density at radius 1 is 1.30 bits per heavy atom. The second-order valence-corrected chi connectivity index (χ2v) is 5.23. The maximum atomic E-state index is 12.4. The maximum absolute atomic E-state index is 12.4. The fourth-order valence-electron chi connectivity index (χ4n) is 2.53. The molecule has 4 heteroatoms. The number of nitrogens with zero attached hydrogens (tertiary/aromatic N) is 2. The first kappa shape index (κ1) is 14.3. The topological polar surface area (TPSA) is 70.1 Å². The fourth-order valence-corrected chi connectivity index (χ4v) is 2.53. The first-order valence-electron chi connectivity index (χ1n) is 6.78. The minimum atomic E-state index is -0.548. The number of hydrogen-bond donors (Lipinski definition) is 1. The van der Waals surface area contributed by atoms with Crippen molar-refractivity contribution in [2.24, 2.45) is 5.73 Å². The molecule has 4 nitrogen and oxygen atoms in total. The van der Waals surface area contributed by atoms with Gasteiger partial charge in [0.1, 0.15) is 0 Å². The van der Waals surface area contributed by atoms with E-state index in [2.05, 4.69) is 6.07 Å². The van der Waals surface area contributed by atoms with Crippen LogP contribution >= 0.6 is 0 Å². The summed E-state index contributed by atoms with van der Waals surface area (Å²) < 4.78 is 0. The van der Waals surface area contributed by atoms with Gasteiger partial charge in [0.15, 0.2) is 0 Å². The van der Waals surface area contributed by atoms with Crippen LogP contribution in [0.3, 0.4) is 0 Å². The Morgan fingerprint density at radius 3 is 2.35 bits per heavy atom. The lowest BCUT2D eigenvalue weighted by Gasteiger charge is -2.29. The quantitative estimate of drug-likeness (QED) is 0.847. The summed E-state index contributed by atoms with van der Waals surface area (Å²) in [5, 5.41) is 8.76. The average Bonchev–Trinajstić information content (AvgIpc) is 2.78. The molecule has 1 aliphatic rings. The zero-order valence-electron chi connectivity index (χ0n) is 11.8. The summed E-state index contributed by atoms with van der Waals surface area (Å²) in [6.07, 6.45) is 4.54. The van der Waals surface area contributed by atoms with Crippen LogP contribution in [0.2, 0.25) is 0 Å². The number of hydrogen-bond acceptors (Lipinski definition) is 3. The Morgan fingerprint density at radius 2 is 1.85 bits per heavy atom. The van der Waals surface area contributed by atoms with Gasteiger partial charge in [0.2, 0.25) is 5.91 Å². The molecule has 0 radical (unpaired) electrons. The molecular formula is C16H19N3O. The van der Waals surface area contributed by atoms with Crippen LogP contribution in [0.25, 0.3) is 0 Å². The van der Waals surface area contributed by atoms with E-state index < -0.39 is 6.04 Å². The predicted octanol–water partition coefficient (Wildman–Crippen LogP) is 1.60. The van der Waals surface area contributed by atoms with Crippen LogP contribution in [-0.4, -0.2) is 28.9 Å². The molecular weight excluding hydrogens is 250 g/mol. The van der Waals surface area contributed by atoms with Gasteiger partial charge < -0.3 is 10.6 Å². The zero-order valence-corrected chi connectivity index (χ0v) is 11.8. The summed E-state index contributed by atoms with van der Waals surface area (Å²) in [5.41, 5.74) is 7.62. The van der Waals surface area contributed by atoms with Gasteiger partial charge in [-0.25, -0.2) is 0 Å². The van der Waals surface area contributed by atoms with Gasteiger partial charge in [-0.1, -0.05) is 24.3 Å². The van der Waals surface area contributed by atoms with E-state index in [1.807, 2.05) is 43.0 Å². The molecule has 1 aliphatic heterocycles. The van der Waals surface area contributed by atoms with Crippen LogP contribution in [-0.2, 0) is 11.2 Å². The third-order valence-electron chi connectivity index (χ3n) is 3.66. The van der Waals surface area contributed by atoms with Crippen LogP contribution in [0, 0.1) is 11.3 Å². The van der Waals surface area contributed by atoms with E-state index in [9.17, 15) is 4.79 Å². The number of nitriles is 1. The lowest BCUT2D eigenvalue weighted by Crippen LogP contribution is -2.49. The van der Waals surface area contributed by atoms with Crippen molar-refractivity contribution in [2.45, 2.75) is 38.4 Å². The number of nitrogens with two attached hydrogens (primary N) is 1. The second-order valence-electron chi connectivity index (χ2n) is 5.23. The summed E-state index contributed by atoms with van der Waals surface area (Å²) in [7, 11) is 0. The average molecular weight is 269 g/mol. The largest absolute Gasteiger partial charge is 0.329 e. The minimum absolute atomic E-state index is 0.0284. The molecule has 0 saturated heterocycles. The molecule has 1 amide bonds. The molecule has 0 aliphatic carbocycles. The molecule has 1 heterocycles. The Kier molecular flexibility index (Phi) is 4.21. The van der Waals surface area contributed by atoms with Crippen LogP contribution < -0.4 is 5.73 Å². The molecule has 0 aromatic heterocycles. The van der Waals surface area contributed by atoms with E-state index in [1.165, 1.54) is 0 Å². The van der Waals surface area contributed by atoms with Crippen molar-refractivity contribution in [1.82, 2.24) is 4.90 Å². The van der Waals surface area contributed by atoms with Crippen LogP contribution in [0.5, 0.6) is 0 Å². The summed E-state index contributed by atoms with van der Waals surface area (Å²) in [6, 6.07) is 8.91. The normalized spacial score (nSPS) is 22.6. The third kappa shape index (κ3) is 2.89. The summed E-state index contributed by atoms with van der Waals surface area (Å²) in [6.45, 7) is 3.98. The van der Waals surface area contributed by atoms with Crippen molar-refractivity contribution in [1.29, 1.82) is 5.26 Å². The van der Waals surface area contributed by atoms with Crippen molar-refractivity contribution in [3.63, 3.8) is 0 Å². The lowest BCUT2D eigenvalue weighted by atomic mass is 10.0. The Labute approximate surface area is 119 Å². The standard InChI is InChI=1S/C16H19N3O/c1-11-3-4-12(2)19(11)16(20)15(18)9-13-5-7-14(10-17)8-6-13/h3-8,11-12,15H,9,18H2,1-2H3. The molecule has 0 spiro atoms. The molecule has 3 atom stereocenters. The van der Waals surface area contributed by atoms with Gasteiger partial charge in [0.25, 0.3) is 0 Å². The predicted molar refractivity (Wildman–Crippen MR) is 77.7 cm³/mol. The molecule has 2 N–H and O–H groups in total. The van der Waals surface area contributed by atoms with E-state index in [-0.39, 0.29) is 18.0 Å².